The molecule has 5 aromatic rings. The predicted octanol–water partition coefficient (Wildman–Crippen LogP) is 5.60. The molecular weight excluding hydrogens is 472 g/mol. The third kappa shape index (κ3) is 4.24. The van der Waals surface area contributed by atoms with E-state index in [-0.39, 0.29) is 28.1 Å². The highest BCUT2D eigenvalue weighted by Crippen LogP contribution is 2.42. The van der Waals surface area contributed by atoms with Crippen LogP contribution in [0.4, 0.5) is 20.4 Å². The molecule has 0 radical (unpaired) electrons. The van der Waals surface area contributed by atoms with Crippen LogP contribution in [0.1, 0.15) is 29.6 Å². The maximum atomic E-state index is 14.9. The lowest BCUT2D eigenvalue weighted by molar-refractivity contribution is -0.779. The largest absolute Gasteiger partial charge is 0.397 e. The number of carbonyl (C=O) groups excluding carboxylic acids is 1. The zero-order chi connectivity index (χ0) is 24.7. The highest BCUT2D eigenvalue weighted by atomic mass is 32.1. The highest BCUT2D eigenvalue weighted by Gasteiger charge is 2.25. The van der Waals surface area contributed by atoms with E-state index in [0.29, 0.717) is 21.5 Å². The van der Waals surface area contributed by atoms with E-state index in [1.165, 1.54) is 12.1 Å². The van der Waals surface area contributed by atoms with Gasteiger partial charge in [-0.3, -0.25) is 14.6 Å². The molecule has 176 valence electrons. The van der Waals surface area contributed by atoms with Crippen molar-refractivity contribution in [3.05, 3.63) is 77.3 Å². The van der Waals surface area contributed by atoms with Crippen molar-refractivity contribution in [2.45, 2.75) is 19.9 Å². The van der Waals surface area contributed by atoms with Crippen LogP contribution in [-0.2, 0) is 0 Å². The first-order chi connectivity index (χ1) is 16.8. The molecule has 0 saturated heterocycles. The molecule has 0 fully saturated rings. The van der Waals surface area contributed by atoms with E-state index in [0.717, 1.165) is 23.0 Å². The maximum absolute atomic E-state index is 14.9. The van der Waals surface area contributed by atoms with E-state index < -0.39 is 17.5 Å². The van der Waals surface area contributed by atoms with Gasteiger partial charge in [0.25, 0.3) is 12.1 Å². The molecule has 0 spiro atoms. The highest BCUT2D eigenvalue weighted by molar-refractivity contribution is 7.21. The average Bonchev–Trinajstić information content (AvgIpc) is 3.44. The zero-order valence-corrected chi connectivity index (χ0v) is 19.6. The molecule has 0 unspecified atom stereocenters. The number of hydrogen-bond acceptors (Lipinski definition) is 6. The van der Waals surface area contributed by atoms with Gasteiger partial charge < -0.3 is 5.73 Å². The Kier molecular flexibility index (Phi) is 5.73. The standard InChI is InChI=1S/C25H19F2N5O2S/c1-13(2)32-12-20(34-31-32)30-24(33)23-22(28)21-17(16-9-8-15(26)10-18(16)27)11-19(29-25(21)35-23)14-6-4-3-5-7-14/h3-13H,1-2H3,(H2-,28,30,31,33)/p+1. The molecule has 0 atom stereocenters. The molecule has 0 aliphatic rings. The summed E-state index contributed by atoms with van der Waals surface area (Å²) in [6, 6.07) is 14.4. The summed E-state index contributed by atoms with van der Waals surface area (Å²) in [5.74, 6) is -1.79. The zero-order valence-electron chi connectivity index (χ0n) is 18.8. The number of rotatable bonds is 5. The first-order valence-corrected chi connectivity index (χ1v) is 11.6. The molecule has 0 saturated carbocycles. The van der Waals surface area contributed by atoms with Crippen LogP contribution in [0.3, 0.4) is 0 Å². The quantitative estimate of drug-likeness (QED) is 0.311. The van der Waals surface area contributed by atoms with Gasteiger partial charge in [-0.15, -0.1) is 11.3 Å². The first kappa shape index (κ1) is 22.6. The lowest BCUT2D eigenvalue weighted by atomic mass is 9.99. The molecule has 0 aliphatic heterocycles. The summed E-state index contributed by atoms with van der Waals surface area (Å²) in [5, 5.41) is 6.92. The number of nitrogens with two attached hydrogens (primary N) is 1. The molecule has 1 amide bonds. The Morgan fingerprint density at radius 3 is 2.57 bits per heavy atom. The minimum atomic E-state index is -0.743. The van der Waals surface area contributed by atoms with Crippen LogP contribution in [0.25, 0.3) is 32.6 Å². The summed E-state index contributed by atoms with van der Waals surface area (Å²) in [6.07, 6.45) is 1.57. The lowest BCUT2D eigenvalue weighted by Crippen LogP contribution is -2.36. The molecule has 0 aliphatic carbocycles. The number of aromatic nitrogens is 3. The number of hydrogen-bond donors (Lipinski definition) is 2. The molecule has 7 nitrogen and oxygen atoms in total. The Hall–Kier alpha value is -4.18. The second kappa shape index (κ2) is 8.88. The van der Waals surface area contributed by atoms with Gasteiger partial charge in [0.2, 0.25) is 5.27 Å². The second-order valence-corrected chi connectivity index (χ2v) is 9.16. The number of thiophene rings is 1. The monoisotopic (exact) mass is 492 g/mol. The average molecular weight is 493 g/mol. The van der Waals surface area contributed by atoms with Crippen molar-refractivity contribution < 1.29 is 22.8 Å². The van der Waals surface area contributed by atoms with E-state index in [1.54, 1.807) is 16.9 Å². The third-order valence-electron chi connectivity index (χ3n) is 5.44. The fourth-order valence-electron chi connectivity index (χ4n) is 3.69. The Balaban J connectivity index is 1.66. The summed E-state index contributed by atoms with van der Waals surface area (Å²) in [6.45, 7) is 3.84. The van der Waals surface area contributed by atoms with E-state index in [1.807, 2.05) is 44.2 Å². The molecule has 10 heteroatoms. The number of carbonyl (C=O) groups is 1. The van der Waals surface area contributed by atoms with Gasteiger partial charge in [0.1, 0.15) is 21.3 Å². The van der Waals surface area contributed by atoms with Crippen molar-refractivity contribution in [1.29, 1.82) is 0 Å². The Bertz CT molecular complexity index is 1560. The fourth-order valence-corrected chi connectivity index (χ4v) is 4.71. The van der Waals surface area contributed by atoms with Crippen molar-refractivity contribution in [1.82, 2.24) is 10.3 Å². The van der Waals surface area contributed by atoms with E-state index in [4.69, 9.17) is 15.2 Å². The van der Waals surface area contributed by atoms with Gasteiger partial charge in [-0.25, -0.2) is 13.8 Å². The molecule has 0 bridgehead atoms. The van der Waals surface area contributed by atoms with Gasteiger partial charge in [-0.1, -0.05) is 30.3 Å². The van der Waals surface area contributed by atoms with Crippen molar-refractivity contribution in [3.63, 3.8) is 0 Å². The minimum absolute atomic E-state index is 0.0487. The molecule has 35 heavy (non-hydrogen) atoms. The molecule has 3 aromatic heterocycles. The Morgan fingerprint density at radius 2 is 1.89 bits per heavy atom. The van der Waals surface area contributed by atoms with Crippen molar-refractivity contribution in [3.8, 4) is 22.4 Å². The fraction of sp³-hybridized carbons (Fsp3) is 0.120. The number of nitrogen functional groups attached to an aromatic ring is 1. The van der Waals surface area contributed by atoms with Gasteiger partial charge in [0.05, 0.1) is 11.4 Å². The van der Waals surface area contributed by atoms with Crippen LogP contribution in [0.5, 0.6) is 0 Å². The Labute approximate surface area is 202 Å². The van der Waals surface area contributed by atoms with Crippen LogP contribution in [0.2, 0.25) is 0 Å². The lowest BCUT2D eigenvalue weighted by Gasteiger charge is -2.10. The molecular formula is C25H20F2N5O2S+. The van der Waals surface area contributed by atoms with Gasteiger partial charge in [-0.05, 0) is 42.3 Å². The van der Waals surface area contributed by atoms with Gasteiger partial charge in [-0.2, -0.15) is 0 Å². The topological polar surface area (TPSA) is 97.9 Å². The summed E-state index contributed by atoms with van der Waals surface area (Å²) in [5.41, 5.74) is 8.50. The van der Waals surface area contributed by atoms with Gasteiger partial charge in [0, 0.05) is 22.6 Å². The van der Waals surface area contributed by atoms with Gasteiger partial charge in [0.15, 0.2) is 6.04 Å². The molecule has 3 heterocycles. The summed E-state index contributed by atoms with van der Waals surface area (Å²) < 4.78 is 35.2. The van der Waals surface area contributed by atoms with Crippen molar-refractivity contribution >= 4 is 39.0 Å². The van der Waals surface area contributed by atoms with E-state index in [2.05, 4.69) is 10.6 Å². The molecule has 2 aromatic carbocycles. The van der Waals surface area contributed by atoms with E-state index >= 15 is 0 Å². The third-order valence-corrected chi connectivity index (χ3v) is 6.54. The van der Waals surface area contributed by atoms with Crippen molar-refractivity contribution in [2.24, 2.45) is 0 Å². The number of amides is 1. The number of nitrogens with one attached hydrogen (secondary N) is 1. The van der Waals surface area contributed by atoms with Crippen LogP contribution < -0.4 is 15.7 Å². The van der Waals surface area contributed by atoms with Crippen LogP contribution in [-0.4, -0.2) is 16.2 Å². The Morgan fingerprint density at radius 1 is 1.11 bits per heavy atom. The number of nitrogens with zero attached hydrogens (tertiary/aromatic N) is 3. The van der Waals surface area contributed by atoms with Crippen LogP contribution in [0.15, 0.2) is 65.3 Å². The van der Waals surface area contributed by atoms with Crippen LogP contribution >= 0.6 is 11.3 Å². The number of halogens is 2. The predicted molar refractivity (Wildman–Crippen MR) is 130 cm³/mol. The first-order valence-electron chi connectivity index (χ1n) is 10.7. The van der Waals surface area contributed by atoms with Crippen molar-refractivity contribution in [2.75, 3.05) is 11.1 Å². The SMILES string of the molecule is CC(C)[n+]1cc(NC(=O)c2sc3nc(-c4ccccc4)cc(-c4ccc(F)cc4F)c3c2N)on1. The number of pyridine rings is 1. The number of anilines is 2. The summed E-state index contributed by atoms with van der Waals surface area (Å²) in [7, 11) is 0. The molecule has 3 N–H and O–H groups in total. The summed E-state index contributed by atoms with van der Waals surface area (Å²) >= 11 is 1.08. The smallest absolute Gasteiger partial charge is 0.302 e. The molecule has 5 rings (SSSR count). The second-order valence-electron chi connectivity index (χ2n) is 8.16. The number of fused-ring (bicyclic) bond motifs is 1. The van der Waals surface area contributed by atoms with E-state index in [9.17, 15) is 13.6 Å². The number of benzene rings is 2. The summed E-state index contributed by atoms with van der Waals surface area (Å²) in [4.78, 5) is 18.4. The maximum Gasteiger partial charge on any atom is 0.302 e. The van der Waals surface area contributed by atoms with Crippen LogP contribution in [0, 0.1) is 11.6 Å². The minimum Gasteiger partial charge on any atom is -0.397 e. The van der Waals surface area contributed by atoms with Gasteiger partial charge >= 0.3 is 5.88 Å². The normalized spacial score (nSPS) is 11.3.